The molecule has 0 radical (unpaired) electrons. The van der Waals surface area contributed by atoms with Crippen molar-refractivity contribution in [3.05, 3.63) is 59.2 Å². The van der Waals surface area contributed by atoms with Gasteiger partial charge in [-0.05, 0) is 59.1 Å². The fourth-order valence-electron chi connectivity index (χ4n) is 4.75. The smallest absolute Gasteiger partial charge is 0.286 e. The Morgan fingerprint density at radius 1 is 1.06 bits per heavy atom. The van der Waals surface area contributed by atoms with Crippen molar-refractivity contribution in [3.8, 4) is 11.1 Å². The molecule has 1 saturated carbocycles. The third-order valence-electron chi connectivity index (χ3n) is 6.55. The molecule has 168 valence electrons. The Labute approximate surface area is 194 Å². The summed E-state index contributed by atoms with van der Waals surface area (Å²) < 4.78 is 0. The first kappa shape index (κ1) is 22.6. The van der Waals surface area contributed by atoms with Crippen LogP contribution in [0.5, 0.6) is 0 Å². The van der Waals surface area contributed by atoms with Crippen LogP contribution < -0.4 is 5.32 Å². The molecule has 1 aliphatic heterocycles. The molecule has 1 saturated heterocycles. The molecule has 2 aromatic carbocycles. The number of carbonyl (C=O) groups is 3. The lowest BCUT2D eigenvalue weighted by molar-refractivity contribution is -0.130. The zero-order chi connectivity index (χ0) is 22.7. The van der Waals surface area contributed by atoms with Gasteiger partial charge in [0.1, 0.15) is 0 Å². The summed E-state index contributed by atoms with van der Waals surface area (Å²) in [7, 11) is 1.88. The molecule has 32 heavy (non-hydrogen) atoms. The number of nitrogens with zero attached hydrogens (tertiary/aromatic N) is 1. The number of hydrogen-bond donors (Lipinski definition) is 1. The number of benzene rings is 2. The predicted octanol–water partition coefficient (Wildman–Crippen LogP) is 5.27. The molecule has 2 fully saturated rings. The van der Waals surface area contributed by atoms with Crippen molar-refractivity contribution in [3.63, 3.8) is 0 Å². The Kier molecular flexibility index (Phi) is 6.99. The first-order chi connectivity index (χ1) is 15.4. The Hall–Kier alpha value is -2.60. The van der Waals surface area contributed by atoms with Crippen molar-refractivity contribution in [2.24, 2.45) is 0 Å². The van der Waals surface area contributed by atoms with Crippen LogP contribution in [0.25, 0.3) is 11.1 Å². The molecule has 1 aliphatic carbocycles. The van der Waals surface area contributed by atoms with Crippen LogP contribution in [-0.4, -0.2) is 34.3 Å². The zero-order valence-electron chi connectivity index (χ0n) is 18.7. The minimum Gasteiger partial charge on any atom is -0.341 e. The third kappa shape index (κ3) is 5.07. The summed E-state index contributed by atoms with van der Waals surface area (Å²) in [5, 5.41) is 1.73. The highest BCUT2D eigenvalue weighted by Gasteiger charge is 2.31. The number of imide groups is 1. The van der Waals surface area contributed by atoms with Crippen molar-refractivity contribution >= 4 is 28.8 Å². The van der Waals surface area contributed by atoms with Gasteiger partial charge < -0.3 is 4.90 Å². The lowest BCUT2D eigenvalue weighted by atomic mass is 9.89. The molecule has 5 nitrogen and oxygen atoms in total. The Morgan fingerprint density at radius 2 is 1.75 bits per heavy atom. The molecule has 1 unspecified atom stereocenters. The van der Waals surface area contributed by atoms with Gasteiger partial charge in [0.25, 0.3) is 5.24 Å². The van der Waals surface area contributed by atoms with Gasteiger partial charge in [0.15, 0.2) is 0 Å². The van der Waals surface area contributed by atoms with Crippen molar-refractivity contribution in [2.75, 3.05) is 7.05 Å². The van der Waals surface area contributed by atoms with E-state index >= 15 is 0 Å². The Balaban J connectivity index is 1.56. The second kappa shape index (κ2) is 9.90. The van der Waals surface area contributed by atoms with Crippen LogP contribution in [0.1, 0.15) is 61.6 Å². The van der Waals surface area contributed by atoms with E-state index in [2.05, 4.69) is 35.6 Å². The van der Waals surface area contributed by atoms with Gasteiger partial charge in [-0.15, -0.1) is 0 Å². The zero-order valence-corrected chi connectivity index (χ0v) is 19.5. The number of rotatable bonds is 7. The molecule has 6 heteroatoms. The maximum Gasteiger partial charge on any atom is 0.286 e. The molecule has 1 atom stereocenters. The van der Waals surface area contributed by atoms with Gasteiger partial charge in [0.2, 0.25) is 11.8 Å². The summed E-state index contributed by atoms with van der Waals surface area (Å²) in [6.45, 7) is 2.53. The van der Waals surface area contributed by atoms with Gasteiger partial charge in [0.05, 0.1) is 5.25 Å². The van der Waals surface area contributed by atoms with Crippen LogP contribution in [0.4, 0.5) is 4.79 Å². The van der Waals surface area contributed by atoms with E-state index in [0.717, 1.165) is 28.5 Å². The Bertz CT molecular complexity index is 1010. The van der Waals surface area contributed by atoms with Crippen molar-refractivity contribution in [1.29, 1.82) is 0 Å². The van der Waals surface area contributed by atoms with E-state index in [1.807, 2.05) is 31.0 Å². The SMILES string of the molecule is CCC(=O)N(C)Cc1cc(-c2ccc(CC3SC(=O)NC3=O)cc2)ccc1C1CCCC1. The summed E-state index contributed by atoms with van der Waals surface area (Å²) in [6, 6.07) is 14.9. The van der Waals surface area contributed by atoms with Gasteiger partial charge >= 0.3 is 0 Å². The van der Waals surface area contributed by atoms with E-state index in [-0.39, 0.29) is 22.3 Å². The van der Waals surface area contributed by atoms with Crippen LogP contribution in [0, 0.1) is 0 Å². The molecule has 0 spiro atoms. The first-order valence-electron chi connectivity index (χ1n) is 11.4. The van der Waals surface area contributed by atoms with E-state index < -0.39 is 0 Å². The molecule has 0 bridgehead atoms. The van der Waals surface area contributed by atoms with Crippen LogP contribution in [0.2, 0.25) is 0 Å². The van der Waals surface area contributed by atoms with E-state index in [1.54, 1.807) is 0 Å². The molecule has 4 rings (SSSR count). The normalized spacial score (nSPS) is 18.8. The highest BCUT2D eigenvalue weighted by Crippen LogP contribution is 2.37. The van der Waals surface area contributed by atoms with Gasteiger partial charge in [0, 0.05) is 20.0 Å². The van der Waals surface area contributed by atoms with Gasteiger partial charge in [-0.1, -0.05) is 67.9 Å². The van der Waals surface area contributed by atoms with Crippen molar-refractivity contribution in [2.45, 2.75) is 63.2 Å². The second-order valence-electron chi connectivity index (χ2n) is 8.78. The lowest BCUT2D eigenvalue weighted by Crippen LogP contribution is -2.26. The quantitative estimate of drug-likeness (QED) is 0.624. The van der Waals surface area contributed by atoms with E-state index in [0.29, 0.717) is 25.3 Å². The second-order valence-corrected chi connectivity index (χ2v) is 9.96. The summed E-state index contributed by atoms with van der Waals surface area (Å²) in [4.78, 5) is 37.3. The van der Waals surface area contributed by atoms with Crippen LogP contribution in [0.3, 0.4) is 0 Å². The van der Waals surface area contributed by atoms with Gasteiger partial charge in [-0.2, -0.15) is 0 Å². The summed E-state index contributed by atoms with van der Waals surface area (Å²) >= 11 is 1.06. The minimum absolute atomic E-state index is 0.157. The number of nitrogens with one attached hydrogen (secondary N) is 1. The average molecular weight is 451 g/mol. The minimum atomic E-state index is -0.350. The van der Waals surface area contributed by atoms with E-state index in [9.17, 15) is 14.4 Å². The molecule has 1 heterocycles. The molecule has 1 N–H and O–H groups in total. The molecule has 0 aromatic heterocycles. The fourth-order valence-corrected chi connectivity index (χ4v) is 5.61. The highest BCUT2D eigenvalue weighted by atomic mass is 32.2. The van der Waals surface area contributed by atoms with E-state index in [4.69, 9.17) is 0 Å². The van der Waals surface area contributed by atoms with Gasteiger partial charge in [-0.25, -0.2) is 0 Å². The number of carbonyl (C=O) groups excluding carboxylic acids is 3. The molecular weight excluding hydrogens is 420 g/mol. The number of amides is 3. The first-order valence-corrected chi connectivity index (χ1v) is 12.3. The van der Waals surface area contributed by atoms with E-state index in [1.165, 1.54) is 36.8 Å². The topological polar surface area (TPSA) is 66.5 Å². The predicted molar refractivity (Wildman–Crippen MR) is 128 cm³/mol. The van der Waals surface area contributed by atoms with Crippen molar-refractivity contribution in [1.82, 2.24) is 10.2 Å². The van der Waals surface area contributed by atoms with Gasteiger partial charge in [-0.3, -0.25) is 19.7 Å². The number of thioether (sulfide) groups is 1. The fraction of sp³-hybridized carbons (Fsp3) is 0.423. The van der Waals surface area contributed by atoms with Crippen LogP contribution in [-0.2, 0) is 22.6 Å². The standard InChI is InChI=1S/C26H30N2O3S/c1-3-24(29)28(2)16-21-15-20(12-13-22(21)19-6-4-5-7-19)18-10-8-17(9-11-18)14-23-25(30)27-26(31)32-23/h8-13,15,19,23H,3-7,14,16H2,1-2H3,(H,27,30,31). The summed E-state index contributed by atoms with van der Waals surface area (Å²) in [5.41, 5.74) is 5.89. The lowest BCUT2D eigenvalue weighted by Gasteiger charge is -2.22. The monoisotopic (exact) mass is 450 g/mol. The maximum absolute atomic E-state index is 12.2. The molecule has 2 aliphatic rings. The molecule has 3 amide bonds. The Morgan fingerprint density at radius 3 is 2.38 bits per heavy atom. The number of hydrogen-bond acceptors (Lipinski definition) is 4. The largest absolute Gasteiger partial charge is 0.341 e. The van der Waals surface area contributed by atoms with Crippen LogP contribution in [0.15, 0.2) is 42.5 Å². The van der Waals surface area contributed by atoms with Crippen LogP contribution >= 0.6 is 11.8 Å². The molecule has 2 aromatic rings. The average Bonchev–Trinajstić information content (AvgIpc) is 3.43. The summed E-state index contributed by atoms with van der Waals surface area (Å²) in [5.74, 6) is 0.538. The molecular formula is C26H30N2O3S. The van der Waals surface area contributed by atoms with Crippen molar-refractivity contribution < 1.29 is 14.4 Å². The maximum atomic E-state index is 12.2. The highest BCUT2D eigenvalue weighted by molar-refractivity contribution is 8.15. The third-order valence-corrected chi connectivity index (χ3v) is 7.53. The summed E-state index contributed by atoms with van der Waals surface area (Å²) in [6.07, 6.45) is 6.06.